The van der Waals surface area contributed by atoms with E-state index in [1.165, 1.54) is 6.07 Å². The summed E-state index contributed by atoms with van der Waals surface area (Å²) >= 11 is 1.63. The highest BCUT2D eigenvalue weighted by Crippen LogP contribution is 2.33. The second kappa shape index (κ2) is 7.15. The zero-order valence-electron chi connectivity index (χ0n) is 11.7. The standard InChI is InChI=1S/C15H24FNS/c1-5-13(17)9-12-7-6-8-14(16)15(12)18-11(4)10(2)3/h6-8,10-11,13H,5,9,17H2,1-4H3. The van der Waals surface area contributed by atoms with Gasteiger partial charge in [-0.25, -0.2) is 4.39 Å². The van der Waals surface area contributed by atoms with Gasteiger partial charge < -0.3 is 5.73 Å². The first-order valence-electron chi connectivity index (χ1n) is 6.65. The van der Waals surface area contributed by atoms with E-state index in [4.69, 9.17) is 5.73 Å². The van der Waals surface area contributed by atoms with E-state index in [2.05, 4.69) is 27.7 Å². The van der Waals surface area contributed by atoms with Crippen LogP contribution in [0.4, 0.5) is 4.39 Å². The topological polar surface area (TPSA) is 26.0 Å². The molecule has 0 aliphatic carbocycles. The Kier molecular flexibility index (Phi) is 6.16. The highest BCUT2D eigenvalue weighted by molar-refractivity contribution is 8.00. The van der Waals surface area contributed by atoms with Crippen molar-refractivity contribution in [2.24, 2.45) is 11.7 Å². The third kappa shape index (κ3) is 4.29. The van der Waals surface area contributed by atoms with Crippen LogP contribution in [-0.2, 0) is 6.42 Å². The molecule has 0 bridgehead atoms. The summed E-state index contributed by atoms with van der Waals surface area (Å²) in [7, 11) is 0. The van der Waals surface area contributed by atoms with E-state index in [0.29, 0.717) is 11.2 Å². The number of benzene rings is 1. The molecule has 0 aliphatic rings. The van der Waals surface area contributed by atoms with Gasteiger partial charge in [0.15, 0.2) is 0 Å². The number of hydrogen-bond acceptors (Lipinski definition) is 2. The molecule has 0 aliphatic heterocycles. The fraction of sp³-hybridized carbons (Fsp3) is 0.600. The lowest BCUT2D eigenvalue weighted by Crippen LogP contribution is -2.22. The summed E-state index contributed by atoms with van der Waals surface area (Å²) in [6.45, 7) is 8.53. The van der Waals surface area contributed by atoms with Crippen molar-refractivity contribution in [2.75, 3.05) is 0 Å². The fourth-order valence-electron chi connectivity index (χ4n) is 1.60. The molecule has 0 radical (unpaired) electrons. The van der Waals surface area contributed by atoms with Crippen molar-refractivity contribution in [1.82, 2.24) is 0 Å². The monoisotopic (exact) mass is 269 g/mol. The minimum absolute atomic E-state index is 0.112. The van der Waals surface area contributed by atoms with E-state index in [9.17, 15) is 4.39 Å². The molecule has 2 atom stereocenters. The Hall–Kier alpha value is -0.540. The molecule has 2 N–H and O–H groups in total. The van der Waals surface area contributed by atoms with Gasteiger partial charge in [-0.3, -0.25) is 0 Å². The number of rotatable bonds is 6. The van der Waals surface area contributed by atoms with Crippen LogP contribution in [0.5, 0.6) is 0 Å². The summed E-state index contributed by atoms with van der Waals surface area (Å²) in [6.07, 6.45) is 1.67. The summed E-state index contributed by atoms with van der Waals surface area (Å²) in [5, 5.41) is 0.401. The van der Waals surface area contributed by atoms with Gasteiger partial charge in [-0.2, -0.15) is 0 Å². The van der Waals surface area contributed by atoms with Gasteiger partial charge in [-0.1, -0.05) is 39.8 Å². The van der Waals surface area contributed by atoms with Crippen LogP contribution in [0.2, 0.25) is 0 Å². The van der Waals surface area contributed by atoms with E-state index in [1.54, 1.807) is 17.8 Å². The molecule has 1 aromatic rings. The van der Waals surface area contributed by atoms with Crippen LogP contribution in [0.15, 0.2) is 23.1 Å². The van der Waals surface area contributed by atoms with Gasteiger partial charge in [-0.05, 0) is 30.4 Å². The molecular formula is C15H24FNS. The molecule has 0 saturated carbocycles. The molecule has 1 rings (SSSR count). The maximum Gasteiger partial charge on any atom is 0.137 e. The van der Waals surface area contributed by atoms with Crippen molar-refractivity contribution in [2.45, 2.75) is 56.7 Å². The van der Waals surface area contributed by atoms with Crippen LogP contribution in [-0.4, -0.2) is 11.3 Å². The van der Waals surface area contributed by atoms with Crippen molar-refractivity contribution < 1.29 is 4.39 Å². The average Bonchev–Trinajstić information content (AvgIpc) is 2.32. The van der Waals surface area contributed by atoms with Gasteiger partial charge in [0.2, 0.25) is 0 Å². The SMILES string of the molecule is CCC(N)Cc1cccc(F)c1SC(C)C(C)C. The molecule has 0 saturated heterocycles. The number of hydrogen-bond donors (Lipinski definition) is 1. The van der Waals surface area contributed by atoms with Gasteiger partial charge in [0.05, 0.1) is 0 Å². The highest BCUT2D eigenvalue weighted by Gasteiger charge is 2.16. The Morgan fingerprint density at radius 2 is 1.94 bits per heavy atom. The van der Waals surface area contributed by atoms with E-state index >= 15 is 0 Å². The first kappa shape index (κ1) is 15.5. The maximum atomic E-state index is 14.0. The second-order valence-corrected chi connectivity index (χ2v) is 6.56. The molecule has 0 heterocycles. The molecule has 3 heteroatoms. The normalized spacial score (nSPS) is 14.8. The van der Waals surface area contributed by atoms with Crippen molar-refractivity contribution >= 4 is 11.8 Å². The molecule has 1 aromatic carbocycles. The van der Waals surface area contributed by atoms with Crippen LogP contribution in [0.25, 0.3) is 0 Å². The van der Waals surface area contributed by atoms with E-state index in [1.807, 2.05) is 6.07 Å². The van der Waals surface area contributed by atoms with Crippen LogP contribution >= 0.6 is 11.8 Å². The Balaban J connectivity index is 2.93. The predicted octanol–water partition coefficient (Wildman–Crippen LogP) is 4.24. The largest absolute Gasteiger partial charge is 0.327 e. The van der Waals surface area contributed by atoms with Crippen molar-refractivity contribution in [1.29, 1.82) is 0 Å². The van der Waals surface area contributed by atoms with Gasteiger partial charge in [-0.15, -0.1) is 11.8 Å². The molecule has 0 fully saturated rings. The van der Waals surface area contributed by atoms with Crippen LogP contribution in [0, 0.1) is 11.7 Å². The minimum Gasteiger partial charge on any atom is -0.327 e. The number of nitrogens with two attached hydrogens (primary N) is 1. The molecule has 18 heavy (non-hydrogen) atoms. The first-order chi connectivity index (χ1) is 8.45. The zero-order valence-corrected chi connectivity index (χ0v) is 12.6. The lowest BCUT2D eigenvalue weighted by molar-refractivity contribution is 0.582. The molecule has 0 spiro atoms. The van der Waals surface area contributed by atoms with Crippen molar-refractivity contribution in [3.05, 3.63) is 29.6 Å². The Labute approximate surface area is 114 Å². The maximum absolute atomic E-state index is 14.0. The summed E-state index contributed by atoms with van der Waals surface area (Å²) < 4.78 is 14.0. The van der Waals surface area contributed by atoms with Gasteiger partial charge in [0, 0.05) is 16.2 Å². The third-order valence-corrected chi connectivity index (χ3v) is 4.91. The first-order valence-corrected chi connectivity index (χ1v) is 7.53. The highest BCUT2D eigenvalue weighted by atomic mass is 32.2. The van der Waals surface area contributed by atoms with E-state index < -0.39 is 0 Å². The lowest BCUT2D eigenvalue weighted by Gasteiger charge is -2.19. The average molecular weight is 269 g/mol. The summed E-state index contributed by atoms with van der Waals surface area (Å²) in [4.78, 5) is 0.780. The van der Waals surface area contributed by atoms with Crippen molar-refractivity contribution in [3.63, 3.8) is 0 Å². The summed E-state index contributed by atoms with van der Waals surface area (Å²) in [6, 6.07) is 5.42. The number of thioether (sulfide) groups is 1. The smallest absolute Gasteiger partial charge is 0.137 e. The predicted molar refractivity (Wildman–Crippen MR) is 78.5 cm³/mol. The molecule has 0 amide bonds. The minimum atomic E-state index is -0.117. The third-order valence-electron chi connectivity index (χ3n) is 3.30. The van der Waals surface area contributed by atoms with Crippen LogP contribution in [0.3, 0.4) is 0 Å². The quantitative estimate of drug-likeness (QED) is 0.782. The molecule has 0 aromatic heterocycles. The Morgan fingerprint density at radius 1 is 1.28 bits per heavy atom. The molecule has 102 valence electrons. The molecule has 1 nitrogen and oxygen atoms in total. The van der Waals surface area contributed by atoms with Crippen molar-refractivity contribution in [3.8, 4) is 0 Å². The number of halogens is 1. The Morgan fingerprint density at radius 3 is 2.50 bits per heavy atom. The van der Waals surface area contributed by atoms with Gasteiger partial charge in [0.25, 0.3) is 0 Å². The van der Waals surface area contributed by atoms with Gasteiger partial charge >= 0.3 is 0 Å². The van der Waals surface area contributed by atoms with E-state index in [0.717, 1.165) is 23.3 Å². The zero-order chi connectivity index (χ0) is 13.7. The fourth-order valence-corrected chi connectivity index (χ4v) is 2.72. The summed E-state index contributed by atoms with van der Waals surface area (Å²) in [5.41, 5.74) is 7.03. The lowest BCUT2D eigenvalue weighted by atomic mass is 10.0. The van der Waals surface area contributed by atoms with E-state index in [-0.39, 0.29) is 11.9 Å². The summed E-state index contributed by atoms with van der Waals surface area (Å²) in [5.74, 6) is 0.413. The van der Waals surface area contributed by atoms with Crippen LogP contribution < -0.4 is 5.73 Å². The second-order valence-electron chi connectivity index (χ2n) is 5.17. The molecule has 2 unspecified atom stereocenters. The molecular weight excluding hydrogens is 245 g/mol. The van der Waals surface area contributed by atoms with Gasteiger partial charge in [0.1, 0.15) is 5.82 Å². The van der Waals surface area contributed by atoms with Crippen LogP contribution in [0.1, 0.15) is 39.7 Å². The Bertz CT molecular complexity index is 379.